The van der Waals surface area contributed by atoms with Gasteiger partial charge in [-0.3, -0.25) is 0 Å². The summed E-state index contributed by atoms with van der Waals surface area (Å²) in [6, 6.07) is 8.77. The molecule has 1 atom stereocenters. The van der Waals surface area contributed by atoms with Crippen LogP contribution in [0.2, 0.25) is 0 Å². The molecule has 0 bridgehead atoms. The molecular weight excluding hydrogens is 222 g/mol. The zero-order valence-corrected chi connectivity index (χ0v) is 11.4. The van der Waals surface area contributed by atoms with Gasteiger partial charge in [-0.25, -0.2) is 0 Å². The summed E-state index contributed by atoms with van der Waals surface area (Å²) in [5.41, 5.74) is 2.25. The van der Waals surface area contributed by atoms with Gasteiger partial charge >= 0.3 is 0 Å². The predicted molar refractivity (Wildman–Crippen MR) is 75.6 cm³/mol. The number of hydrogen-bond acceptors (Lipinski definition) is 2. The Labute approximate surface area is 110 Å². The van der Waals surface area contributed by atoms with Crippen LogP contribution >= 0.6 is 0 Å². The molecule has 0 saturated heterocycles. The third-order valence-electron chi connectivity index (χ3n) is 3.92. The molecule has 1 saturated carbocycles. The van der Waals surface area contributed by atoms with Gasteiger partial charge in [0.05, 0.1) is 6.10 Å². The Morgan fingerprint density at radius 1 is 1.11 bits per heavy atom. The topological polar surface area (TPSA) is 32.3 Å². The fourth-order valence-electron chi connectivity index (χ4n) is 2.67. The van der Waals surface area contributed by atoms with Gasteiger partial charge in [0.1, 0.15) is 0 Å². The Morgan fingerprint density at radius 3 is 2.33 bits per heavy atom. The Balaban J connectivity index is 1.80. The highest BCUT2D eigenvalue weighted by Gasteiger charge is 2.14. The number of rotatable bonds is 4. The molecule has 0 aromatic heterocycles. The Kier molecular flexibility index (Phi) is 5.21. The van der Waals surface area contributed by atoms with Crippen LogP contribution in [0.5, 0.6) is 0 Å². The molecule has 1 fully saturated rings. The minimum atomic E-state index is -0.381. The molecule has 2 rings (SSSR count). The second-order valence-corrected chi connectivity index (χ2v) is 5.52. The summed E-state index contributed by atoms with van der Waals surface area (Å²) in [6.45, 7) is 2.74. The van der Waals surface area contributed by atoms with Crippen LogP contribution < -0.4 is 5.32 Å². The maximum absolute atomic E-state index is 10.1. The maximum Gasteiger partial charge on any atom is 0.0914 e. The normalized spacial score (nSPS) is 19.4. The van der Waals surface area contributed by atoms with Crippen LogP contribution in [-0.4, -0.2) is 17.7 Å². The van der Waals surface area contributed by atoms with Crippen LogP contribution in [-0.2, 0) is 0 Å². The van der Waals surface area contributed by atoms with E-state index >= 15 is 0 Å². The van der Waals surface area contributed by atoms with Gasteiger partial charge in [0.2, 0.25) is 0 Å². The number of benzene rings is 1. The highest BCUT2D eigenvalue weighted by Crippen LogP contribution is 2.18. The first-order chi connectivity index (χ1) is 8.75. The summed E-state index contributed by atoms with van der Waals surface area (Å²) in [5.74, 6) is 0. The number of aliphatic hydroxyl groups is 1. The van der Waals surface area contributed by atoms with Crippen molar-refractivity contribution < 1.29 is 5.11 Å². The van der Waals surface area contributed by atoms with E-state index in [9.17, 15) is 5.11 Å². The summed E-state index contributed by atoms with van der Waals surface area (Å²) in [6.07, 6.45) is 7.56. The number of hydrogen-bond donors (Lipinski definition) is 2. The van der Waals surface area contributed by atoms with E-state index in [2.05, 4.69) is 24.4 Å². The monoisotopic (exact) mass is 247 g/mol. The number of nitrogens with one attached hydrogen (secondary N) is 1. The van der Waals surface area contributed by atoms with E-state index in [0.29, 0.717) is 12.6 Å². The zero-order chi connectivity index (χ0) is 12.8. The quantitative estimate of drug-likeness (QED) is 0.800. The van der Waals surface area contributed by atoms with Crippen molar-refractivity contribution in [2.24, 2.45) is 0 Å². The molecule has 1 aromatic carbocycles. The molecule has 2 nitrogen and oxygen atoms in total. The molecule has 2 heteroatoms. The van der Waals surface area contributed by atoms with Crippen LogP contribution in [0.1, 0.15) is 55.8 Å². The van der Waals surface area contributed by atoms with Gasteiger partial charge in [-0.1, -0.05) is 55.5 Å². The minimum Gasteiger partial charge on any atom is -0.387 e. The molecule has 18 heavy (non-hydrogen) atoms. The molecule has 2 N–H and O–H groups in total. The van der Waals surface area contributed by atoms with Gasteiger partial charge in [-0.2, -0.15) is 0 Å². The van der Waals surface area contributed by atoms with Gasteiger partial charge in [0.25, 0.3) is 0 Å². The summed E-state index contributed by atoms with van der Waals surface area (Å²) in [5, 5.41) is 13.7. The average Bonchev–Trinajstić information content (AvgIpc) is 2.65. The first kappa shape index (κ1) is 13.6. The molecule has 0 spiro atoms. The summed E-state index contributed by atoms with van der Waals surface area (Å²) >= 11 is 0. The Bertz CT molecular complexity index is 339. The van der Waals surface area contributed by atoms with Crippen molar-refractivity contribution in [2.75, 3.05) is 6.54 Å². The highest BCUT2D eigenvalue weighted by atomic mass is 16.3. The third-order valence-corrected chi connectivity index (χ3v) is 3.92. The fourth-order valence-corrected chi connectivity index (χ4v) is 2.67. The van der Waals surface area contributed by atoms with Crippen LogP contribution in [0.3, 0.4) is 0 Å². The standard InChI is InChI=1S/C16H25NO/c1-13-8-10-14(11-9-13)16(18)12-17-15-6-4-2-3-5-7-15/h8-11,15-18H,2-7,12H2,1H3/t16-/m1/s1. The Hall–Kier alpha value is -0.860. The van der Waals surface area contributed by atoms with Crippen LogP contribution in [0.15, 0.2) is 24.3 Å². The molecule has 1 aromatic rings. The lowest BCUT2D eigenvalue weighted by Crippen LogP contribution is -2.32. The van der Waals surface area contributed by atoms with E-state index in [4.69, 9.17) is 0 Å². The first-order valence-corrected chi connectivity index (χ1v) is 7.24. The van der Waals surface area contributed by atoms with Crippen molar-refractivity contribution in [3.63, 3.8) is 0 Å². The lowest BCUT2D eigenvalue weighted by molar-refractivity contribution is 0.168. The minimum absolute atomic E-state index is 0.381. The van der Waals surface area contributed by atoms with Crippen molar-refractivity contribution >= 4 is 0 Å². The zero-order valence-electron chi connectivity index (χ0n) is 11.4. The number of aryl methyl sites for hydroxylation is 1. The largest absolute Gasteiger partial charge is 0.387 e. The van der Waals surface area contributed by atoms with E-state index in [1.807, 2.05) is 12.1 Å². The SMILES string of the molecule is Cc1ccc([C@H](O)CNC2CCCCCC2)cc1. The molecular formula is C16H25NO. The fraction of sp³-hybridized carbons (Fsp3) is 0.625. The second kappa shape index (κ2) is 6.91. The van der Waals surface area contributed by atoms with Gasteiger partial charge < -0.3 is 10.4 Å². The van der Waals surface area contributed by atoms with E-state index in [0.717, 1.165) is 5.56 Å². The van der Waals surface area contributed by atoms with Gasteiger partial charge in [-0.15, -0.1) is 0 Å². The molecule has 1 aliphatic rings. The van der Waals surface area contributed by atoms with Crippen LogP contribution in [0.4, 0.5) is 0 Å². The van der Waals surface area contributed by atoms with Crippen molar-refractivity contribution in [1.82, 2.24) is 5.32 Å². The van der Waals surface area contributed by atoms with Crippen molar-refractivity contribution in [2.45, 2.75) is 57.6 Å². The van der Waals surface area contributed by atoms with Gasteiger partial charge in [-0.05, 0) is 25.3 Å². The molecule has 0 amide bonds. The lowest BCUT2D eigenvalue weighted by atomic mass is 10.1. The molecule has 0 heterocycles. The van der Waals surface area contributed by atoms with Crippen molar-refractivity contribution in [1.29, 1.82) is 0 Å². The first-order valence-electron chi connectivity index (χ1n) is 7.24. The summed E-state index contributed by atoms with van der Waals surface area (Å²) < 4.78 is 0. The Morgan fingerprint density at radius 2 is 1.72 bits per heavy atom. The van der Waals surface area contributed by atoms with Crippen molar-refractivity contribution in [3.8, 4) is 0 Å². The van der Waals surface area contributed by atoms with Gasteiger partial charge in [0.15, 0.2) is 0 Å². The summed E-state index contributed by atoms with van der Waals surface area (Å²) in [4.78, 5) is 0. The van der Waals surface area contributed by atoms with Gasteiger partial charge in [0, 0.05) is 12.6 Å². The molecule has 100 valence electrons. The molecule has 0 aliphatic heterocycles. The molecule has 0 radical (unpaired) electrons. The summed E-state index contributed by atoms with van der Waals surface area (Å²) in [7, 11) is 0. The molecule has 0 unspecified atom stereocenters. The number of aliphatic hydroxyl groups excluding tert-OH is 1. The van der Waals surface area contributed by atoms with Crippen LogP contribution in [0, 0.1) is 6.92 Å². The van der Waals surface area contributed by atoms with E-state index < -0.39 is 0 Å². The average molecular weight is 247 g/mol. The smallest absolute Gasteiger partial charge is 0.0914 e. The third kappa shape index (κ3) is 4.11. The van der Waals surface area contributed by atoms with E-state index in [1.54, 1.807) is 0 Å². The maximum atomic E-state index is 10.1. The second-order valence-electron chi connectivity index (χ2n) is 5.52. The van der Waals surface area contributed by atoms with E-state index in [-0.39, 0.29) is 6.10 Å². The lowest BCUT2D eigenvalue weighted by Gasteiger charge is -2.19. The predicted octanol–water partition coefficient (Wildman–Crippen LogP) is 3.34. The van der Waals surface area contributed by atoms with Crippen LogP contribution in [0.25, 0.3) is 0 Å². The molecule has 1 aliphatic carbocycles. The van der Waals surface area contributed by atoms with E-state index in [1.165, 1.54) is 44.1 Å². The van der Waals surface area contributed by atoms with Crippen molar-refractivity contribution in [3.05, 3.63) is 35.4 Å². The highest BCUT2D eigenvalue weighted by molar-refractivity contribution is 5.23.